The van der Waals surface area contributed by atoms with Gasteiger partial charge in [-0.2, -0.15) is 0 Å². The minimum absolute atomic E-state index is 0.510. The van der Waals surface area contributed by atoms with Crippen LogP contribution in [-0.4, -0.2) is 9.59 Å². The van der Waals surface area contributed by atoms with Crippen LogP contribution in [0.15, 0.2) is 0 Å². The molecule has 1 aromatic carbocycles. The molecule has 0 bridgehead atoms. The molecule has 0 aliphatic carbocycles. The highest BCUT2D eigenvalue weighted by Gasteiger charge is 2.16. The van der Waals surface area contributed by atoms with Crippen molar-refractivity contribution in [3.8, 4) is 0 Å². The second kappa shape index (κ2) is 3.56. The van der Waals surface area contributed by atoms with E-state index >= 15 is 0 Å². The van der Waals surface area contributed by atoms with Gasteiger partial charge in [0.2, 0.25) is 0 Å². The van der Waals surface area contributed by atoms with E-state index in [1.165, 1.54) is 38.5 Å². The van der Waals surface area contributed by atoms with Crippen LogP contribution in [0.3, 0.4) is 0 Å². The summed E-state index contributed by atoms with van der Waals surface area (Å²) in [7, 11) is 0. The summed E-state index contributed by atoms with van der Waals surface area (Å²) in [4.78, 5) is 0. The molecule has 0 atom stereocenters. The maximum Gasteiger partial charge on any atom is 0.109 e. The smallest absolute Gasteiger partial charge is 0.109 e. The number of rotatable bonds is 1. The van der Waals surface area contributed by atoms with Crippen molar-refractivity contribution in [2.45, 2.75) is 40.5 Å². The van der Waals surface area contributed by atoms with Gasteiger partial charge in [-0.1, -0.05) is 18.3 Å². The molecule has 0 fully saturated rings. The molecule has 0 radical (unpaired) electrons. The third-order valence-corrected chi connectivity index (χ3v) is 4.04. The first kappa shape index (κ1) is 10.6. The van der Waals surface area contributed by atoms with Crippen LogP contribution in [0.25, 0.3) is 10.2 Å². The van der Waals surface area contributed by atoms with Crippen molar-refractivity contribution in [1.29, 1.82) is 0 Å². The summed E-state index contributed by atoms with van der Waals surface area (Å²) in [5.41, 5.74) is 6.57. The number of hydrogen-bond donors (Lipinski definition) is 0. The van der Waals surface area contributed by atoms with E-state index in [1.807, 2.05) is 0 Å². The highest BCUT2D eigenvalue weighted by atomic mass is 32.1. The molecule has 0 spiro atoms. The van der Waals surface area contributed by atoms with Gasteiger partial charge < -0.3 is 0 Å². The molecule has 1 aromatic heterocycles. The maximum atomic E-state index is 4.27. The quantitative estimate of drug-likeness (QED) is 0.731. The molecule has 2 aromatic rings. The number of aromatic nitrogens is 2. The van der Waals surface area contributed by atoms with Gasteiger partial charge in [-0.25, -0.2) is 0 Å². The van der Waals surface area contributed by atoms with Crippen LogP contribution >= 0.6 is 11.5 Å². The van der Waals surface area contributed by atoms with Crippen LogP contribution in [0.2, 0.25) is 0 Å². The molecule has 3 heteroatoms. The topological polar surface area (TPSA) is 25.8 Å². The predicted octanol–water partition coefficient (Wildman–Crippen LogP) is 3.74. The van der Waals surface area contributed by atoms with E-state index in [-0.39, 0.29) is 0 Å². The fourth-order valence-corrected chi connectivity index (χ4v) is 2.88. The number of benzene rings is 1. The molecule has 0 unspecified atom stereocenters. The van der Waals surface area contributed by atoms with Crippen molar-refractivity contribution in [1.82, 2.24) is 9.59 Å². The Morgan fingerprint density at radius 1 is 1.00 bits per heavy atom. The highest BCUT2D eigenvalue weighted by Crippen LogP contribution is 2.34. The summed E-state index contributed by atoms with van der Waals surface area (Å²) < 4.78 is 5.33. The zero-order valence-corrected chi connectivity index (χ0v) is 10.7. The van der Waals surface area contributed by atoms with Crippen LogP contribution in [0, 0.1) is 20.8 Å². The Balaban J connectivity index is 2.94. The summed E-state index contributed by atoms with van der Waals surface area (Å²) in [6.45, 7) is 11.0. The minimum Gasteiger partial charge on any atom is -0.138 e. The molecular formula is C12H16N2S. The Kier molecular flexibility index (Phi) is 2.51. The molecule has 0 amide bonds. The van der Waals surface area contributed by atoms with Crippen LogP contribution in [-0.2, 0) is 0 Å². The molecule has 1 heterocycles. The van der Waals surface area contributed by atoms with Crippen LogP contribution in [0.1, 0.15) is 42.0 Å². The lowest BCUT2D eigenvalue weighted by molar-refractivity contribution is 0.858. The van der Waals surface area contributed by atoms with E-state index in [0.717, 1.165) is 5.52 Å². The fraction of sp³-hybridized carbons (Fsp3) is 0.500. The Labute approximate surface area is 94.5 Å². The SMILES string of the molecule is Cc1c(C)c(C)c2snnc2c1C(C)C. The number of nitrogens with zero attached hydrogens (tertiary/aromatic N) is 2. The number of fused-ring (bicyclic) bond motifs is 1. The van der Waals surface area contributed by atoms with E-state index in [0.29, 0.717) is 5.92 Å². The summed E-state index contributed by atoms with van der Waals surface area (Å²) in [6, 6.07) is 0. The van der Waals surface area contributed by atoms with Crippen LogP contribution in [0.5, 0.6) is 0 Å². The van der Waals surface area contributed by atoms with Gasteiger partial charge in [0.25, 0.3) is 0 Å². The second-order valence-electron chi connectivity index (χ2n) is 4.39. The van der Waals surface area contributed by atoms with E-state index in [1.54, 1.807) is 0 Å². The van der Waals surface area contributed by atoms with Gasteiger partial charge in [-0.05, 0) is 60.5 Å². The van der Waals surface area contributed by atoms with Gasteiger partial charge in [0, 0.05) is 0 Å². The summed E-state index contributed by atoms with van der Waals surface area (Å²) in [6.07, 6.45) is 0. The molecular weight excluding hydrogens is 204 g/mol. The van der Waals surface area contributed by atoms with Crippen molar-refractivity contribution in [2.24, 2.45) is 0 Å². The average Bonchev–Trinajstić information content (AvgIpc) is 2.62. The first-order valence-electron chi connectivity index (χ1n) is 5.25. The summed E-state index contributed by atoms with van der Waals surface area (Å²) in [5.74, 6) is 0.510. The van der Waals surface area contributed by atoms with E-state index in [4.69, 9.17) is 0 Å². The lowest BCUT2D eigenvalue weighted by Crippen LogP contribution is -1.99. The Hall–Kier alpha value is -0.960. The van der Waals surface area contributed by atoms with Crippen molar-refractivity contribution in [2.75, 3.05) is 0 Å². The van der Waals surface area contributed by atoms with Gasteiger partial charge in [-0.3, -0.25) is 0 Å². The maximum absolute atomic E-state index is 4.27. The van der Waals surface area contributed by atoms with Gasteiger partial charge >= 0.3 is 0 Å². The molecule has 2 nitrogen and oxygen atoms in total. The molecule has 0 saturated heterocycles. The predicted molar refractivity (Wildman–Crippen MR) is 65.7 cm³/mol. The molecule has 15 heavy (non-hydrogen) atoms. The molecule has 0 saturated carbocycles. The largest absolute Gasteiger partial charge is 0.138 e. The first-order valence-corrected chi connectivity index (χ1v) is 6.03. The van der Waals surface area contributed by atoms with E-state index in [9.17, 15) is 0 Å². The standard InChI is InChI=1S/C12H16N2S/c1-6(2)10-8(4)7(3)9(5)12-11(10)13-14-15-12/h6H,1-5H3. The van der Waals surface area contributed by atoms with Gasteiger partial charge in [-0.15, -0.1) is 5.10 Å². The third-order valence-electron chi connectivity index (χ3n) is 3.19. The van der Waals surface area contributed by atoms with Crippen molar-refractivity contribution in [3.05, 3.63) is 22.3 Å². The Morgan fingerprint density at radius 3 is 2.27 bits per heavy atom. The highest BCUT2D eigenvalue weighted by molar-refractivity contribution is 7.13. The van der Waals surface area contributed by atoms with Crippen LogP contribution in [0.4, 0.5) is 0 Å². The summed E-state index contributed by atoms with van der Waals surface area (Å²) in [5, 5.41) is 4.27. The number of aryl methyl sites for hydroxylation is 1. The molecule has 0 aliphatic rings. The molecule has 80 valence electrons. The third kappa shape index (κ3) is 1.46. The molecule has 0 N–H and O–H groups in total. The lowest BCUT2D eigenvalue weighted by Gasteiger charge is -2.14. The zero-order valence-electron chi connectivity index (χ0n) is 9.88. The fourth-order valence-electron chi connectivity index (χ4n) is 2.15. The van der Waals surface area contributed by atoms with Crippen LogP contribution < -0.4 is 0 Å². The normalized spacial score (nSPS) is 11.6. The number of hydrogen-bond acceptors (Lipinski definition) is 3. The summed E-state index contributed by atoms with van der Waals surface area (Å²) >= 11 is 1.51. The lowest BCUT2D eigenvalue weighted by atomic mass is 9.91. The van der Waals surface area contributed by atoms with Gasteiger partial charge in [0.15, 0.2) is 0 Å². The van der Waals surface area contributed by atoms with Crippen molar-refractivity contribution < 1.29 is 0 Å². The zero-order chi connectivity index (χ0) is 11.2. The molecule has 2 rings (SSSR count). The molecule has 0 aliphatic heterocycles. The van der Waals surface area contributed by atoms with Gasteiger partial charge in [0.1, 0.15) is 5.52 Å². The Bertz CT molecular complexity index is 512. The Morgan fingerprint density at radius 2 is 1.67 bits per heavy atom. The minimum atomic E-state index is 0.510. The average molecular weight is 220 g/mol. The second-order valence-corrected chi connectivity index (χ2v) is 5.15. The van der Waals surface area contributed by atoms with Crippen molar-refractivity contribution in [3.63, 3.8) is 0 Å². The van der Waals surface area contributed by atoms with E-state index in [2.05, 4.69) is 44.2 Å². The van der Waals surface area contributed by atoms with Crippen molar-refractivity contribution >= 4 is 21.7 Å². The van der Waals surface area contributed by atoms with Gasteiger partial charge in [0.05, 0.1) is 4.70 Å². The van der Waals surface area contributed by atoms with E-state index < -0.39 is 0 Å². The first-order chi connectivity index (χ1) is 7.04. The monoisotopic (exact) mass is 220 g/mol.